The quantitative estimate of drug-likeness (QED) is 0.652. The van der Waals surface area contributed by atoms with E-state index in [0.29, 0.717) is 37.3 Å². The number of benzene rings is 1. The van der Waals surface area contributed by atoms with Gasteiger partial charge in [0.05, 0.1) is 25.5 Å². The van der Waals surface area contributed by atoms with Gasteiger partial charge in [0.25, 0.3) is 0 Å². The van der Waals surface area contributed by atoms with E-state index in [1.807, 2.05) is 0 Å². The Morgan fingerprint density at radius 2 is 2.11 bits per heavy atom. The molecule has 0 saturated carbocycles. The molecule has 2 aliphatic heterocycles. The summed E-state index contributed by atoms with van der Waals surface area (Å²) in [6, 6.07) is 4.39. The lowest BCUT2D eigenvalue weighted by molar-refractivity contribution is -0.154. The third-order valence-electron chi connectivity index (χ3n) is 4.23. The molecule has 10 heteroatoms. The van der Waals surface area contributed by atoms with E-state index in [0.717, 1.165) is 0 Å². The number of nitrogens with zero attached hydrogens (tertiary/aromatic N) is 1. The largest absolute Gasteiger partial charge is 0.480 e. The van der Waals surface area contributed by atoms with Gasteiger partial charge < -0.3 is 23.8 Å². The van der Waals surface area contributed by atoms with Crippen molar-refractivity contribution in [2.75, 3.05) is 33.0 Å². The van der Waals surface area contributed by atoms with Crippen LogP contribution in [0.5, 0.6) is 11.5 Å². The number of hydrogen-bond donors (Lipinski definition) is 0. The molecule has 0 aliphatic carbocycles. The molecular formula is C18H20F3NO6. The minimum absolute atomic E-state index is 0.0128. The predicted octanol–water partition coefficient (Wildman–Crippen LogP) is 2.85. The third kappa shape index (κ3) is 5.06. The zero-order chi connectivity index (χ0) is 20.2. The maximum absolute atomic E-state index is 12.5. The van der Waals surface area contributed by atoms with Crippen LogP contribution in [0.15, 0.2) is 23.4 Å². The Bertz CT molecular complexity index is 743. The first-order chi connectivity index (χ1) is 13.3. The number of halogens is 3. The summed E-state index contributed by atoms with van der Waals surface area (Å²) in [5, 5.41) is 4.09. The van der Waals surface area contributed by atoms with Gasteiger partial charge in [-0.3, -0.25) is 0 Å². The first kappa shape index (κ1) is 20.2. The third-order valence-corrected chi connectivity index (χ3v) is 4.23. The number of carbonyl (C=O) groups excluding carboxylic acids is 1. The average molecular weight is 403 g/mol. The molecule has 7 nitrogen and oxygen atoms in total. The Balaban J connectivity index is 1.76. The number of esters is 1. The molecule has 0 amide bonds. The predicted molar refractivity (Wildman–Crippen MR) is 90.5 cm³/mol. The Kier molecular flexibility index (Phi) is 5.97. The Labute approximate surface area is 159 Å². The van der Waals surface area contributed by atoms with Gasteiger partial charge in [0.15, 0.2) is 30.3 Å². The zero-order valence-corrected chi connectivity index (χ0v) is 15.2. The molecule has 154 valence electrons. The summed E-state index contributed by atoms with van der Waals surface area (Å²) in [5.41, 5.74) is 0.725. The van der Waals surface area contributed by atoms with Gasteiger partial charge in [-0.25, -0.2) is 4.79 Å². The van der Waals surface area contributed by atoms with E-state index < -0.39 is 31.0 Å². The average Bonchev–Trinajstić information content (AvgIpc) is 3.28. The molecule has 2 aliphatic rings. The molecule has 3 rings (SSSR count). The van der Waals surface area contributed by atoms with E-state index in [1.54, 1.807) is 13.0 Å². The molecule has 0 N–H and O–H groups in total. The molecule has 1 spiro atoms. The molecule has 1 aromatic rings. The Morgan fingerprint density at radius 3 is 2.79 bits per heavy atom. The second-order valence-electron chi connectivity index (χ2n) is 6.45. The Hall–Kier alpha value is -2.49. The van der Waals surface area contributed by atoms with Crippen molar-refractivity contribution >= 4 is 11.7 Å². The van der Waals surface area contributed by atoms with Gasteiger partial charge >= 0.3 is 12.1 Å². The molecule has 28 heavy (non-hydrogen) atoms. The SMILES string of the molecule is CCOC(=O)COc1cc(C2=NOC3(CCOC3)C2)ccc1OCC(F)(F)F. The lowest BCUT2D eigenvalue weighted by Crippen LogP contribution is -2.29. The molecule has 0 aromatic heterocycles. The molecule has 1 fully saturated rings. The number of rotatable bonds is 7. The van der Waals surface area contributed by atoms with Crippen LogP contribution in [0.4, 0.5) is 13.2 Å². The fourth-order valence-corrected chi connectivity index (χ4v) is 2.89. The first-order valence-electron chi connectivity index (χ1n) is 8.75. The van der Waals surface area contributed by atoms with Gasteiger partial charge in [-0.05, 0) is 25.1 Å². The highest BCUT2D eigenvalue weighted by Crippen LogP contribution is 2.36. The molecule has 1 unspecified atom stereocenters. The smallest absolute Gasteiger partial charge is 0.422 e. The van der Waals surface area contributed by atoms with Gasteiger partial charge in [-0.1, -0.05) is 5.16 Å². The van der Waals surface area contributed by atoms with Crippen molar-refractivity contribution in [1.82, 2.24) is 0 Å². The number of oxime groups is 1. The monoisotopic (exact) mass is 403 g/mol. The molecule has 0 bridgehead atoms. The Morgan fingerprint density at radius 1 is 1.29 bits per heavy atom. The van der Waals surface area contributed by atoms with Crippen molar-refractivity contribution in [3.8, 4) is 11.5 Å². The van der Waals surface area contributed by atoms with E-state index in [4.69, 9.17) is 23.8 Å². The molecule has 1 saturated heterocycles. The van der Waals surface area contributed by atoms with Gasteiger partial charge in [0.1, 0.15) is 0 Å². The van der Waals surface area contributed by atoms with Crippen molar-refractivity contribution in [3.05, 3.63) is 23.8 Å². The van der Waals surface area contributed by atoms with Crippen LogP contribution < -0.4 is 9.47 Å². The first-order valence-corrected chi connectivity index (χ1v) is 8.75. The van der Waals surface area contributed by atoms with E-state index >= 15 is 0 Å². The van der Waals surface area contributed by atoms with Gasteiger partial charge in [-0.2, -0.15) is 13.2 Å². The van der Waals surface area contributed by atoms with Crippen molar-refractivity contribution in [1.29, 1.82) is 0 Å². The van der Waals surface area contributed by atoms with Gasteiger partial charge in [-0.15, -0.1) is 0 Å². The van der Waals surface area contributed by atoms with Crippen molar-refractivity contribution in [2.24, 2.45) is 5.16 Å². The summed E-state index contributed by atoms with van der Waals surface area (Å²) < 4.78 is 57.8. The maximum Gasteiger partial charge on any atom is 0.422 e. The molecule has 1 aromatic carbocycles. The van der Waals surface area contributed by atoms with E-state index in [1.165, 1.54) is 12.1 Å². The summed E-state index contributed by atoms with van der Waals surface area (Å²) in [7, 11) is 0. The van der Waals surface area contributed by atoms with E-state index in [9.17, 15) is 18.0 Å². The van der Waals surface area contributed by atoms with Gasteiger partial charge in [0, 0.05) is 18.4 Å². The number of ether oxygens (including phenoxy) is 4. The van der Waals surface area contributed by atoms with Crippen LogP contribution in [0.2, 0.25) is 0 Å². The van der Waals surface area contributed by atoms with Crippen LogP contribution in [0.1, 0.15) is 25.3 Å². The summed E-state index contributed by atoms with van der Waals surface area (Å²) in [5.74, 6) is -0.789. The van der Waals surface area contributed by atoms with Crippen LogP contribution in [0.25, 0.3) is 0 Å². The van der Waals surface area contributed by atoms with Gasteiger partial charge in [0.2, 0.25) is 0 Å². The standard InChI is InChI=1S/C18H20F3NO6/c1-2-25-16(23)9-26-15-7-12(3-4-14(15)27-11-18(19,20)21)13-8-17(28-22-13)5-6-24-10-17/h3-4,7H,2,5-6,8-11H2,1H3. The van der Waals surface area contributed by atoms with E-state index in [2.05, 4.69) is 5.16 Å². The summed E-state index contributed by atoms with van der Waals surface area (Å²) >= 11 is 0. The van der Waals surface area contributed by atoms with Crippen molar-refractivity contribution in [2.45, 2.75) is 31.5 Å². The lowest BCUT2D eigenvalue weighted by Gasteiger charge is -2.17. The van der Waals surface area contributed by atoms with Crippen LogP contribution in [-0.4, -0.2) is 56.5 Å². The molecule has 2 heterocycles. The summed E-state index contributed by atoms with van der Waals surface area (Å²) in [4.78, 5) is 17.1. The second-order valence-corrected chi connectivity index (χ2v) is 6.45. The molecular weight excluding hydrogens is 383 g/mol. The minimum atomic E-state index is -4.50. The lowest BCUT2D eigenvalue weighted by atomic mass is 9.93. The van der Waals surface area contributed by atoms with Crippen LogP contribution in [-0.2, 0) is 19.1 Å². The highest BCUT2D eigenvalue weighted by atomic mass is 19.4. The minimum Gasteiger partial charge on any atom is -0.480 e. The van der Waals surface area contributed by atoms with Crippen LogP contribution in [0.3, 0.4) is 0 Å². The molecule has 0 radical (unpaired) electrons. The normalized spacial score (nSPS) is 21.4. The second kappa shape index (κ2) is 8.26. The number of alkyl halides is 3. The van der Waals surface area contributed by atoms with Crippen molar-refractivity contribution < 1.29 is 41.8 Å². The zero-order valence-electron chi connectivity index (χ0n) is 15.2. The topological polar surface area (TPSA) is 75.6 Å². The fraction of sp³-hybridized carbons (Fsp3) is 0.556. The summed E-state index contributed by atoms with van der Waals surface area (Å²) in [6.45, 7) is 0.877. The number of carbonyl (C=O) groups is 1. The maximum atomic E-state index is 12.5. The highest BCUT2D eigenvalue weighted by Gasteiger charge is 2.43. The highest BCUT2D eigenvalue weighted by molar-refractivity contribution is 6.02. The fourth-order valence-electron chi connectivity index (χ4n) is 2.89. The van der Waals surface area contributed by atoms with Crippen LogP contribution in [0, 0.1) is 0 Å². The van der Waals surface area contributed by atoms with E-state index in [-0.39, 0.29) is 18.1 Å². The summed E-state index contributed by atoms with van der Waals surface area (Å²) in [6.07, 6.45) is -3.29. The molecule has 1 atom stereocenters. The number of hydrogen-bond acceptors (Lipinski definition) is 7. The van der Waals surface area contributed by atoms with Crippen molar-refractivity contribution in [3.63, 3.8) is 0 Å². The van der Waals surface area contributed by atoms with Crippen LogP contribution >= 0.6 is 0 Å².